The normalized spacial score (nSPS) is 23.7. The van der Waals surface area contributed by atoms with Crippen LogP contribution in [0.1, 0.15) is 32.1 Å². The predicted octanol–water partition coefficient (Wildman–Crippen LogP) is 2.62. The third-order valence-electron chi connectivity index (χ3n) is 2.68. The Labute approximate surface area is 97.1 Å². The quantitative estimate of drug-likeness (QED) is 0.538. The molecule has 2 nitrogen and oxygen atoms in total. The average Bonchev–Trinajstić information content (AvgIpc) is 2.30. The number of unbranched alkanes of at least 4 members (excludes halogenated alkanes) is 3. The van der Waals surface area contributed by atoms with Gasteiger partial charge in [-0.25, -0.2) is 0 Å². The van der Waals surface area contributed by atoms with E-state index in [1.165, 1.54) is 12.8 Å². The highest BCUT2D eigenvalue weighted by atomic mass is 32.2. The van der Waals surface area contributed by atoms with E-state index in [9.17, 15) is 5.11 Å². The van der Waals surface area contributed by atoms with Crippen molar-refractivity contribution in [1.29, 1.82) is 0 Å². The van der Waals surface area contributed by atoms with Gasteiger partial charge in [-0.2, -0.15) is 11.8 Å². The first kappa shape index (κ1) is 13.1. The van der Waals surface area contributed by atoms with E-state index >= 15 is 0 Å². The lowest BCUT2D eigenvalue weighted by Crippen LogP contribution is -2.35. The Morgan fingerprint density at radius 2 is 2.33 bits per heavy atom. The maximum absolute atomic E-state index is 9.87. The number of ether oxygens (including phenoxy) is 1. The fourth-order valence-corrected chi connectivity index (χ4v) is 2.66. The molecule has 0 aromatic heterocycles. The van der Waals surface area contributed by atoms with E-state index in [-0.39, 0.29) is 12.2 Å². The molecule has 0 amide bonds. The second-order valence-electron chi connectivity index (χ2n) is 3.98. The van der Waals surface area contributed by atoms with E-state index < -0.39 is 0 Å². The van der Waals surface area contributed by atoms with Crippen LogP contribution in [0, 0.1) is 0 Å². The van der Waals surface area contributed by atoms with Crippen molar-refractivity contribution < 1.29 is 9.84 Å². The zero-order chi connectivity index (χ0) is 10.9. The molecule has 0 aromatic rings. The smallest absolute Gasteiger partial charge is 0.0924 e. The van der Waals surface area contributed by atoms with Crippen LogP contribution in [-0.4, -0.2) is 35.4 Å². The van der Waals surface area contributed by atoms with Gasteiger partial charge in [0.25, 0.3) is 0 Å². The van der Waals surface area contributed by atoms with E-state index in [4.69, 9.17) is 4.74 Å². The van der Waals surface area contributed by atoms with Gasteiger partial charge in [-0.3, -0.25) is 0 Å². The van der Waals surface area contributed by atoms with Crippen molar-refractivity contribution in [3.05, 3.63) is 12.7 Å². The first-order valence-corrected chi connectivity index (χ1v) is 6.98. The summed E-state index contributed by atoms with van der Waals surface area (Å²) in [5, 5.41) is 9.87. The SMILES string of the molecule is C=CCCCCCC(O)C1CSCCO1. The van der Waals surface area contributed by atoms with Gasteiger partial charge in [0, 0.05) is 11.5 Å². The molecular weight excluding hydrogens is 208 g/mol. The number of aliphatic hydroxyl groups excluding tert-OH is 1. The summed E-state index contributed by atoms with van der Waals surface area (Å²) >= 11 is 1.88. The Balaban J connectivity index is 2.01. The summed E-state index contributed by atoms with van der Waals surface area (Å²) in [7, 11) is 0. The van der Waals surface area contributed by atoms with Crippen LogP contribution in [0.3, 0.4) is 0 Å². The largest absolute Gasteiger partial charge is 0.390 e. The summed E-state index contributed by atoms with van der Waals surface area (Å²) in [5.74, 6) is 2.02. The molecule has 0 saturated carbocycles. The number of hydrogen-bond acceptors (Lipinski definition) is 3. The zero-order valence-corrected chi connectivity index (χ0v) is 10.2. The molecule has 88 valence electrons. The topological polar surface area (TPSA) is 29.5 Å². The highest BCUT2D eigenvalue weighted by Crippen LogP contribution is 2.18. The Morgan fingerprint density at radius 1 is 1.47 bits per heavy atom. The van der Waals surface area contributed by atoms with E-state index in [1.807, 2.05) is 17.8 Å². The highest BCUT2D eigenvalue weighted by Gasteiger charge is 2.22. The number of aliphatic hydroxyl groups is 1. The molecular formula is C12H22O2S. The molecule has 1 rings (SSSR count). The number of thioether (sulfide) groups is 1. The summed E-state index contributed by atoms with van der Waals surface area (Å²) in [6.07, 6.45) is 7.20. The molecule has 3 heteroatoms. The van der Waals surface area contributed by atoms with Gasteiger partial charge in [-0.1, -0.05) is 18.9 Å². The molecule has 0 aromatic carbocycles. The summed E-state index contributed by atoms with van der Waals surface area (Å²) in [6, 6.07) is 0. The molecule has 1 fully saturated rings. The minimum Gasteiger partial charge on any atom is -0.390 e. The van der Waals surface area contributed by atoms with Gasteiger partial charge in [0.15, 0.2) is 0 Å². The van der Waals surface area contributed by atoms with Crippen LogP contribution in [0.5, 0.6) is 0 Å². The maximum Gasteiger partial charge on any atom is 0.0924 e. The minimum absolute atomic E-state index is 0.0724. The third-order valence-corrected chi connectivity index (χ3v) is 3.70. The molecule has 0 bridgehead atoms. The molecule has 2 unspecified atom stereocenters. The molecule has 15 heavy (non-hydrogen) atoms. The fourth-order valence-electron chi connectivity index (χ4n) is 1.73. The van der Waals surface area contributed by atoms with E-state index in [0.717, 1.165) is 37.4 Å². The Hall–Kier alpha value is 0.01000. The first-order chi connectivity index (χ1) is 7.34. The second kappa shape index (κ2) is 8.20. The number of rotatable bonds is 7. The third kappa shape index (κ3) is 5.59. The van der Waals surface area contributed by atoms with Gasteiger partial charge in [0.2, 0.25) is 0 Å². The summed E-state index contributed by atoms with van der Waals surface area (Å²) in [5.41, 5.74) is 0. The van der Waals surface area contributed by atoms with Crippen molar-refractivity contribution in [2.24, 2.45) is 0 Å². The summed E-state index contributed by atoms with van der Waals surface area (Å²) in [6.45, 7) is 4.49. The second-order valence-corrected chi connectivity index (χ2v) is 5.13. The molecule has 0 radical (unpaired) electrons. The van der Waals surface area contributed by atoms with Gasteiger partial charge >= 0.3 is 0 Å². The van der Waals surface area contributed by atoms with Crippen molar-refractivity contribution in [3.8, 4) is 0 Å². The molecule has 0 aliphatic carbocycles. The summed E-state index contributed by atoms with van der Waals surface area (Å²) < 4.78 is 5.53. The van der Waals surface area contributed by atoms with Crippen molar-refractivity contribution in [2.45, 2.75) is 44.3 Å². The minimum atomic E-state index is -0.262. The van der Waals surface area contributed by atoms with E-state index in [2.05, 4.69) is 6.58 Å². The number of allylic oxidation sites excluding steroid dienone is 1. The van der Waals surface area contributed by atoms with Crippen LogP contribution in [0.25, 0.3) is 0 Å². The van der Waals surface area contributed by atoms with Crippen molar-refractivity contribution in [3.63, 3.8) is 0 Å². The Kier molecular flexibility index (Phi) is 7.14. The fraction of sp³-hybridized carbons (Fsp3) is 0.833. The van der Waals surface area contributed by atoms with Crippen LogP contribution in [0.15, 0.2) is 12.7 Å². The van der Waals surface area contributed by atoms with Crippen molar-refractivity contribution in [1.82, 2.24) is 0 Å². The Morgan fingerprint density at radius 3 is 3.00 bits per heavy atom. The van der Waals surface area contributed by atoms with E-state index in [1.54, 1.807) is 0 Å². The van der Waals surface area contributed by atoms with Crippen LogP contribution < -0.4 is 0 Å². The van der Waals surface area contributed by atoms with E-state index in [0.29, 0.717) is 0 Å². The monoisotopic (exact) mass is 230 g/mol. The van der Waals surface area contributed by atoms with Crippen LogP contribution in [-0.2, 0) is 4.74 Å². The lowest BCUT2D eigenvalue weighted by molar-refractivity contribution is -0.0255. The molecule has 1 aliphatic rings. The van der Waals surface area contributed by atoms with Gasteiger partial charge in [-0.05, 0) is 19.3 Å². The summed E-state index contributed by atoms with van der Waals surface area (Å²) in [4.78, 5) is 0. The van der Waals surface area contributed by atoms with Gasteiger partial charge in [-0.15, -0.1) is 6.58 Å². The van der Waals surface area contributed by atoms with Crippen molar-refractivity contribution >= 4 is 11.8 Å². The lowest BCUT2D eigenvalue weighted by atomic mass is 10.1. The predicted molar refractivity (Wildman–Crippen MR) is 66.4 cm³/mol. The average molecular weight is 230 g/mol. The van der Waals surface area contributed by atoms with Crippen LogP contribution >= 0.6 is 11.8 Å². The van der Waals surface area contributed by atoms with Crippen molar-refractivity contribution in [2.75, 3.05) is 18.1 Å². The zero-order valence-electron chi connectivity index (χ0n) is 9.36. The van der Waals surface area contributed by atoms with Gasteiger partial charge < -0.3 is 9.84 Å². The standard InChI is InChI=1S/C12H22O2S/c1-2-3-4-5-6-7-11(13)12-10-15-9-8-14-12/h2,11-13H,1,3-10H2. The molecule has 0 spiro atoms. The molecule has 1 heterocycles. The van der Waals surface area contributed by atoms with Gasteiger partial charge in [0.05, 0.1) is 18.8 Å². The lowest BCUT2D eigenvalue weighted by Gasteiger charge is -2.26. The highest BCUT2D eigenvalue weighted by molar-refractivity contribution is 7.99. The molecule has 1 saturated heterocycles. The maximum atomic E-state index is 9.87. The molecule has 2 atom stereocenters. The van der Waals surface area contributed by atoms with Gasteiger partial charge in [0.1, 0.15) is 0 Å². The Bertz CT molecular complexity index is 167. The number of hydrogen-bond donors (Lipinski definition) is 1. The first-order valence-electron chi connectivity index (χ1n) is 5.83. The molecule has 1 aliphatic heterocycles. The van der Waals surface area contributed by atoms with Crippen LogP contribution in [0.4, 0.5) is 0 Å². The molecule has 1 N–H and O–H groups in total. The van der Waals surface area contributed by atoms with Crippen LogP contribution in [0.2, 0.25) is 0 Å².